The molecule has 5 heteroatoms. The van der Waals surface area contributed by atoms with Gasteiger partial charge in [-0.2, -0.15) is 0 Å². The van der Waals surface area contributed by atoms with Crippen LogP contribution in [-0.4, -0.2) is 38.6 Å². The Morgan fingerprint density at radius 2 is 2.29 bits per heavy atom. The monoisotopic (exact) mass is 287 g/mol. The molecular weight excluding hydrogens is 266 g/mol. The van der Waals surface area contributed by atoms with Crippen LogP contribution in [0.1, 0.15) is 30.5 Å². The second-order valence-corrected chi connectivity index (χ2v) is 5.75. The molecule has 0 amide bonds. The van der Waals surface area contributed by atoms with Gasteiger partial charge in [0.1, 0.15) is 5.65 Å². The van der Waals surface area contributed by atoms with Crippen molar-refractivity contribution in [3.8, 4) is 0 Å². The van der Waals surface area contributed by atoms with Crippen LogP contribution in [0.5, 0.6) is 0 Å². The van der Waals surface area contributed by atoms with E-state index in [1.165, 1.54) is 19.3 Å². The molecule has 0 aromatic carbocycles. The van der Waals surface area contributed by atoms with Crippen LogP contribution in [0.2, 0.25) is 0 Å². The molecule has 0 atom stereocenters. The van der Waals surface area contributed by atoms with E-state index in [9.17, 15) is 9.90 Å². The summed E-state index contributed by atoms with van der Waals surface area (Å²) in [7, 11) is 0. The van der Waals surface area contributed by atoms with E-state index in [-0.39, 0.29) is 12.2 Å². The molecule has 2 aromatic rings. The minimum atomic E-state index is -0.0451. The molecule has 2 aromatic heterocycles. The van der Waals surface area contributed by atoms with Crippen molar-refractivity contribution in [3.05, 3.63) is 46.0 Å². The van der Waals surface area contributed by atoms with Crippen molar-refractivity contribution in [1.29, 1.82) is 0 Å². The third-order valence-corrected chi connectivity index (χ3v) is 4.28. The highest BCUT2D eigenvalue weighted by atomic mass is 16.3. The summed E-state index contributed by atoms with van der Waals surface area (Å²) in [5.41, 5.74) is 2.46. The van der Waals surface area contributed by atoms with E-state index >= 15 is 0 Å². The van der Waals surface area contributed by atoms with Crippen LogP contribution in [0.4, 0.5) is 0 Å². The number of hydrogen-bond acceptors (Lipinski definition) is 4. The predicted molar refractivity (Wildman–Crippen MR) is 81.3 cm³/mol. The van der Waals surface area contributed by atoms with Crippen LogP contribution < -0.4 is 5.56 Å². The number of aliphatic hydroxyl groups excluding tert-OH is 1. The molecule has 1 saturated carbocycles. The topological polar surface area (TPSA) is 57.8 Å². The predicted octanol–water partition coefficient (Wildman–Crippen LogP) is 1.35. The standard InChI is InChI=1S/C16H21N3O2/c1-12-4-3-7-19-15(21)10-13(17-16(12)19)11-18(8-9-20)14-5-2-6-14/h3-4,7,10,14,20H,2,5-6,8-9,11H2,1H3. The van der Waals surface area contributed by atoms with Crippen LogP contribution in [0, 0.1) is 6.92 Å². The molecular formula is C16H21N3O2. The Morgan fingerprint density at radius 1 is 1.48 bits per heavy atom. The first-order valence-electron chi connectivity index (χ1n) is 7.52. The van der Waals surface area contributed by atoms with Crippen molar-refractivity contribution in [3.63, 3.8) is 0 Å². The van der Waals surface area contributed by atoms with Gasteiger partial charge in [-0.3, -0.25) is 14.1 Å². The van der Waals surface area contributed by atoms with Crippen LogP contribution in [0.3, 0.4) is 0 Å². The van der Waals surface area contributed by atoms with Gasteiger partial charge in [0.05, 0.1) is 12.3 Å². The van der Waals surface area contributed by atoms with Gasteiger partial charge in [-0.1, -0.05) is 12.5 Å². The Kier molecular flexibility index (Phi) is 4.03. The zero-order valence-corrected chi connectivity index (χ0v) is 12.3. The van der Waals surface area contributed by atoms with Crippen molar-refractivity contribution in [2.75, 3.05) is 13.2 Å². The van der Waals surface area contributed by atoms with Crippen LogP contribution >= 0.6 is 0 Å². The Hall–Kier alpha value is -1.72. The molecule has 0 spiro atoms. The van der Waals surface area contributed by atoms with E-state index in [1.54, 1.807) is 16.7 Å². The highest BCUT2D eigenvalue weighted by Gasteiger charge is 2.25. The average molecular weight is 287 g/mol. The number of pyridine rings is 1. The molecule has 0 aliphatic heterocycles. The number of rotatable bonds is 5. The van der Waals surface area contributed by atoms with Gasteiger partial charge in [-0.25, -0.2) is 4.98 Å². The van der Waals surface area contributed by atoms with Gasteiger partial charge in [0.25, 0.3) is 5.56 Å². The van der Waals surface area contributed by atoms with E-state index in [1.807, 2.05) is 19.1 Å². The summed E-state index contributed by atoms with van der Waals surface area (Å²) >= 11 is 0. The number of aliphatic hydroxyl groups is 1. The average Bonchev–Trinajstić information content (AvgIpc) is 2.38. The molecule has 112 valence electrons. The van der Waals surface area contributed by atoms with Gasteiger partial charge < -0.3 is 5.11 Å². The molecule has 1 aliphatic carbocycles. The summed E-state index contributed by atoms with van der Waals surface area (Å²) in [6.07, 6.45) is 5.34. The molecule has 0 unspecified atom stereocenters. The lowest BCUT2D eigenvalue weighted by Gasteiger charge is -2.37. The molecule has 1 fully saturated rings. The minimum absolute atomic E-state index is 0.0451. The first-order valence-corrected chi connectivity index (χ1v) is 7.52. The zero-order chi connectivity index (χ0) is 14.8. The fourth-order valence-electron chi connectivity index (χ4n) is 2.87. The van der Waals surface area contributed by atoms with Crippen LogP contribution in [0.25, 0.3) is 5.65 Å². The third-order valence-electron chi connectivity index (χ3n) is 4.28. The minimum Gasteiger partial charge on any atom is -0.395 e. The maximum atomic E-state index is 12.2. The lowest BCUT2D eigenvalue weighted by molar-refractivity contribution is 0.0934. The van der Waals surface area contributed by atoms with Crippen LogP contribution in [0.15, 0.2) is 29.2 Å². The highest BCUT2D eigenvalue weighted by Crippen LogP contribution is 2.25. The summed E-state index contributed by atoms with van der Waals surface area (Å²) < 4.78 is 1.58. The van der Waals surface area contributed by atoms with Crippen molar-refractivity contribution in [2.45, 2.75) is 38.8 Å². The molecule has 0 saturated heterocycles. The SMILES string of the molecule is Cc1cccn2c(=O)cc(CN(CCO)C3CCC3)nc12. The summed E-state index contributed by atoms with van der Waals surface area (Å²) in [6, 6.07) is 5.95. The maximum absolute atomic E-state index is 12.2. The number of aryl methyl sites for hydroxylation is 1. The van der Waals surface area contributed by atoms with E-state index < -0.39 is 0 Å². The fourth-order valence-corrected chi connectivity index (χ4v) is 2.87. The van der Waals surface area contributed by atoms with Gasteiger partial charge in [0.2, 0.25) is 0 Å². The molecule has 2 heterocycles. The molecule has 1 N–H and O–H groups in total. The second-order valence-electron chi connectivity index (χ2n) is 5.75. The van der Waals surface area contributed by atoms with Gasteiger partial charge in [-0.15, -0.1) is 0 Å². The Bertz CT molecular complexity index is 691. The second kappa shape index (κ2) is 5.95. The van der Waals surface area contributed by atoms with Gasteiger partial charge >= 0.3 is 0 Å². The Morgan fingerprint density at radius 3 is 2.95 bits per heavy atom. The van der Waals surface area contributed by atoms with Gasteiger partial charge in [0.15, 0.2) is 0 Å². The van der Waals surface area contributed by atoms with Crippen molar-refractivity contribution in [2.24, 2.45) is 0 Å². The van der Waals surface area contributed by atoms with Gasteiger partial charge in [0, 0.05) is 31.4 Å². The summed E-state index contributed by atoms with van der Waals surface area (Å²) in [5, 5.41) is 9.23. The summed E-state index contributed by atoms with van der Waals surface area (Å²) in [6.45, 7) is 3.37. The normalized spacial score (nSPS) is 15.6. The quantitative estimate of drug-likeness (QED) is 0.902. The van der Waals surface area contributed by atoms with E-state index in [0.29, 0.717) is 19.1 Å². The van der Waals surface area contributed by atoms with Gasteiger partial charge in [-0.05, 0) is 31.4 Å². The van der Waals surface area contributed by atoms with E-state index in [0.717, 1.165) is 16.9 Å². The maximum Gasteiger partial charge on any atom is 0.258 e. The number of fused-ring (bicyclic) bond motifs is 1. The summed E-state index contributed by atoms with van der Waals surface area (Å²) in [4.78, 5) is 19.1. The molecule has 0 radical (unpaired) electrons. The number of aromatic nitrogens is 2. The fraction of sp³-hybridized carbons (Fsp3) is 0.500. The Balaban J connectivity index is 1.92. The van der Waals surface area contributed by atoms with E-state index in [4.69, 9.17) is 0 Å². The number of hydrogen-bond donors (Lipinski definition) is 1. The summed E-state index contributed by atoms with van der Waals surface area (Å²) in [5.74, 6) is 0. The largest absolute Gasteiger partial charge is 0.395 e. The lowest BCUT2D eigenvalue weighted by Crippen LogP contribution is -2.41. The molecule has 1 aliphatic rings. The van der Waals surface area contributed by atoms with Crippen molar-refractivity contribution >= 4 is 5.65 Å². The third kappa shape index (κ3) is 2.84. The number of nitrogens with zero attached hydrogens (tertiary/aromatic N) is 3. The molecule has 3 rings (SSSR count). The molecule has 0 bridgehead atoms. The van der Waals surface area contributed by atoms with Crippen molar-refractivity contribution in [1.82, 2.24) is 14.3 Å². The van der Waals surface area contributed by atoms with Crippen LogP contribution in [-0.2, 0) is 6.54 Å². The Labute approximate surface area is 123 Å². The molecule has 21 heavy (non-hydrogen) atoms. The van der Waals surface area contributed by atoms with Crippen molar-refractivity contribution < 1.29 is 5.11 Å². The highest BCUT2D eigenvalue weighted by molar-refractivity contribution is 5.46. The zero-order valence-electron chi connectivity index (χ0n) is 12.3. The molecule has 5 nitrogen and oxygen atoms in total. The lowest BCUT2D eigenvalue weighted by atomic mass is 9.91. The first kappa shape index (κ1) is 14.2. The first-order chi connectivity index (χ1) is 10.2. The smallest absolute Gasteiger partial charge is 0.258 e. The van der Waals surface area contributed by atoms with E-state index in [2.05, 4.69) is 9.88 Å².